The number of aryl methyl sites for hydroxylation is 1. The van der Waals surface area contributed by atoms with E-state index in [0.29, 0.717) is 33.1 Å². The maximum absolute atomic E-state index is 13.0. The molecule has 0 spiro atoms. The van der Waals surface area contributed by atoms with Crippen LogP contribution in [0.25, 0.3) is 10.8 Å². The minimum atomic E-state index is -1.50. The molecule has 212 valence electrons. The van der Waals surface area contributed by atoms with Gasteiger partial charge in [0.2, 0.25) is 5.91 Å². The van der Waals surface area contributed by atoms with E-state index in [1.165, 1.54) is 19.1 Å². The Hall–Kier alpha value is -4.59. The maximum Gasteiger partial charge on any atom is 0.269 e. The molecule has 0 radical (unpaired) electrons. The van der Waals surface area contributed by atoms with Crippen LogP contribution in [0, 0.1) is 34.3 Å². The summed E-state index contributed by atoms with van der Waals surface area (Å²) in [5.74, 6) is -2.03. The quantitative estimate of drug-likeness (QED) is 0.161. The van der Waals surface area contributed by atoms with Gasteiger partial charge in [-0.25, -0.2) is 4.98 Å². The molecule has 3 atom stereocenters. The predicted octanol–water partition coefficient (Wildman–Crippen LogP) is 5.70. The number of carbonyl (C=O) groups excluding carboxylic acids is 2. The Morgan fingerprint density at radius 1 is 1.17 bits per heavy atom. The van der Waals surface area contributed by atoms with Crippen LogP contribution in [0.4, 0.5) is 11.4 Å². The summed E-state index contributed by atoms with van der Waals surface area (Å²) in [5.41, 5.74) is 1.71. The second-order valence-corrected chi connectivity index (χ2v) is 11.7. The molecule has 2 N–H and O–H groups in total. The molecule has 1 aromatic heterocycles. The van der Waals surface area contributed by atoms with Crippen molar-refractivity contribution in [3.05, 3.63) is 105 Å². The van der Waals surface area contributed by atoms with Gasteiger partial charge in [-0.05, 0) is 48.9 Å². The number of fused-ring (bicyclic) bond motifs is 2. The lowest BCUT2D eigenvalue weighted by Crippen LogP contribution is -2.48. The summed E-state index contributed by atoms with van der Waals surface area (Å²) < 4.78 is 0. The number of rotatable bonds is 7. The molecule has 0 saturated heterocycles. The number of benzene rings is 3. The van der Waals surface area contributed by atoms with Gasteiger partial charge in [0.05, 0.1) is 27.8 Å². The zero-order valence-electron chi connectivity index (χ0n) is 23.2. The second kappa shape index (κ2) is 11.4. The molecular weight excluding hydrogens is 552 g/mol. The van der Waals surface area contributed by atoms with E-state index in [1.807, 2.05) is 42.5 Å². The number of amides is 1. The topological polar surface area (TPSA) is 146 Å². The number of nitrogens with one attached hydrogen (secondary N) is 1. The van der Waals surface area contributed by atoms with Crippen molar-refractivity contribution in [2.24, 2.45) is 5.92 Å². The summed E-state index contributed by atoms with van der Waals surface area (Å²) in [6.45, 7) is 4.76. The Labute approximate surface area is 246 Å². The van der Waals surface area contributed by atoms with Crippen LogP contribution in [0.1, 0.15) is 47.7 Å². The van der Waals surface area contributed by atoms with Gasteiger partial charge in [0.15, 0.2) is 0 Å². The number of non-ortho nitro benzene ring substituents is 1. The largest absolute Gasteiger partial charge is 0.389 e. The van der Waals surface area contributed by atoms with Gasteiger partial charge in [0.25, 0.3) is 5.69 Å². The van der Waals surface area contributed by atoms with Crippen molar-refractivity contribution in [1.29, 1.82) is 5.26 Å². The number of nitro benzene ring substituents is 1. The van der Waals surface area contributed by atoms with Crippen LogP contribution in [-0.2, 0) is 16.0 Å². The maximum atomic E-state index is 13.0. The lowest BCUT2D eigenvalue weighted by Gasteiger charge is -2.43. The summed E-state index contributed by atoms with van der Waals surface area (Å²) in [6.07, 6.45) is 0.0398. The number of nitriles is 1. The van der Waals surface area contributed by atoms with Gasteiger partial charge in [-0.2, -0.15) is 5.26 Å². The summed E-state index contributed by atoms with van der Waals surface area (Å²) in [4.78, 5) is 41.3. The Morgan fingerprint density at radius 2 is 1.86 bits per heavy atom. The molecule has 0 fully saturated rings. The van der Waals surface area contributed by atoms with E-state index in [-0.39, 0.29) is 35.1 Å². The molecule has 0 saturated carbocycles. The molecule has 1 heterocycles. The highest BCUT2D eigenvalue weighted by Gasteiger charge is 2.49. The van der Waals surface area contributed by atoms with E-state index >= 15 is 0 Å². The number of carbonyl (C=O) groups is 2. The van der Waals surface area contributed by atoms with Crippen molar-refractivity contribution in [1.82, 2.24) is 4.98 Å². The second-order valence-electron chi connectivity index (χ2n) is 10.7. The zero-order chi connectivity index (χ0) is 30.2. The summed E-state index contributed by atoms with van der Waals surface area (Å²) in [5, 5.41) is 38.3. The van der Waals surface area contributed by atoms with Crippen LogP contribution in [0.15, 0.2) is 71.8 Å². The van der Waals surface area contributed by atoms with Crippen molar-refractivity contribution in [3.63, 3.8) is 0 Å². The number of nitro groups is 1. The fraction of sp³-hybridized carbons (Fsp3) is 0.250. The molecule has 0 bridgehead atoms. The molecule has 9 nitrogen and oxygen atoms in total. The first-order valence-corrected chi connectivity index (χ1v) is 14.3. The SMILES string of the molecule is CC(=O)C1C(c2ccc([N+](=O)[O-])cc2)c2c(C)nc(SCC(=O)Nc3cccc4ccccc34)c(C#N)c2CC1(C)O. The van der Waals surface area contributed by atoms with Crippen molar-refractivity contribution >= 4 is 45.6 Å². The van der Waals surface area contributed by atoms with Crippen LogP contribution in [-0.4, -0.2) is 38.1 Å². The van der Waals surface area contributed by atoms with E-state index in [9.17, 15) is 30.1 Å². The monoisotopic (exact) mass is 580 g/mol. The number of ketones is 1. The fourth-order valence-corrected chi connectivity index (χ4v) is 6.90. The zero-order valence-corrected chi connectivity index (χ0v) is 24.1. The average molecular weight is 581 g/mol. The minimum Gasteiger partial charge on any atom is -0.389 e. The molecule has 42 heavy (non-hydrogen) atoms. The first-order valence-electron chi connectivity index (χ1n) is 13.3. The lowest BCUT2D eigenvalue weighted by atomic mass is 9.62. The molecule has 1 aliphatic carbocycles. The van der Waals surface area contributed by atoms with Gasteiger partial charge in [-0.15, -0.1) is 0 Å². The molecule has 10 heteroatoms. The van der Waals surface area contributed by atoms with Crippen molar-refractivity contribution in [2.45, 2.75) is 43.7 Å². The van der Waals surface area contributed by atoms with Crippen molar-refractivity contribution in [3.8, 4) is 6.07 Å². The molecule has 1 aliphatic rings. The smallest absolute Gasteiger partial charge is 0.269 e. The first kappa shape index (κ1) is 28.9. The minimum absolute atomic E-state index is 0.00136. The molecule has 3 unspecified atom stereocenters. The molecule has 5 rings (SSSR count). The summed E-state index contributed by atoms with van der Waals surface area (Å²) in [7, 11) is 0. The van der Waals surface area contributed by atoms with Gasteiger partial charge in [0, 0.05) is 41.2 Å². The molecule has 0 aliphatic heterocycles. The number of nitrogens with zero attached hydrogens (tertiary/aromatic N) is 3. The number of pyridine rings is 1. The van der Waals surface area contributed by atoms with Gasteiger partial charge in [-0.3, -0.25) is 19.7 Å². The number of Topliss-reactive ketones (excluding diaryl/α,β-unsaturated/α-hetero) is 1. The van der Waals surface area contributed by atoms with Crippen LogP contribution in [0.5, 0.6) is 0 Å². The Morgan fingerprint density at radius 3 is 2.52 bits per heavy atom. The predicted molar refractivity (Wildman–Crippen MR) is 160 cm³/mol. The van der Waals surface area contributed by atoms with Crippen LogP contribution in [0.2, 0.25) is 0 Å². The first-order chi connectivity index (χ1) is 20.0. The number of hydrogen-bond acceptors (Lipinski definition) is 8. The van der Waals surface area contributed by atoms with Crippen LogP contribution in [0.3, 0.4) is 0 Å². The van der Waals surface area contributed by atoms with Gasteiger partial charge in [-0.1, -0.05) is 60.3 Å². The van der Waals surface area contributed by atoms with E-state index in [4.69, 9.17) is 4.98 Å². The van der Waals surface area contributed by atoms with E-state index < -0.39 is 22.4 Å². The highest BCUT2D eigenvalue weighted by Crippen LogP contribution is 2.49. The highest BCUT2D eigenvalue weighted by atomic mass is 32.2. The lowest BCUT2D eigenvalue weighted by molar-refractivity contribution is -0.384. The number of aromatic nitrogens is 1. The van der Waals surface area contributed by atoms with Gasteiger partial charge >= 0.3 is 0 Å². The Bertz CT molecular complexity index is 1770. The van der Waals surface area contributed by atoms with E-state index in [2.05, 4.69) is 11.4 Å². The normalized spacial score (nSPS) is 19.5. The van der Waals surface area contributed by atoms with Gasteiger partial charge in [0.1, 0.15) is 16.9 Å². The number of hydrogen-bond donors (Lipinski definition) is 2. The standard InChI is InChI=1S/C32H28N4O5S/c1-18-28-24(15-32(3,39)30(19(2)37)29(28)21-11-13-22(14-12-21)36(40)41)25(16-33)31(34-18)42-17-27(38)35-26-10-6-8-20-7-4-5-9-23(20)26/h4-14,29-30,39H,15,17H2,1-3H3,(H,35,38). The Balaban J connectivity index is 1.51. The number of thioether (sulfide) groups is 1. The van der Waals surface area contributed by atoms with Crippen molar-refractivity contribution in [2.75, 3.05) is 11.1 Å². The fourth-order valence-electron chi connectivity index (χ4n) is 6.05. The number of anilines is 1. The molecule has 1 amide bonds. The van der Waals surface area contributed by atoms with E-state index in [0.717, 1.165) is 22.5 Å². The van der Waals surface area contributed by atoms with Crippen LogP contribution >= 0.6 is 11.8 Å². The third-order valence-electron chi connectivity index (χ3n) is 7.77. The summed E-state index contributed by atoms with van der Waals surface area (Å²) in [6, 6.07) is 21.5. The molecule has 4 aromatic rings. The van der Waals surface area contributed by atoms with E-state index in [1.54, 1.807) is 26.0 Å². The highest BCUT2D eigenvalue weighted by molar-refractivity contribution is 8.00. The third-order valence-corrected chi connectivity index (χ3v) is 8.74. The summed E-state index contributed by atoms with van der Waals surface area (Å²) >= 11 is 1.13. The molecular formula is C32H28N4O5S. The third kappa shape index (κ3) is 5.36. The molecule has 3 aromatic carbocycles. The average Bonchev–Trinajstić information content (AvgIpc) is 2.95. The van der Waals surface area contributed by atoms with Crippen LogP contribution < -0.4 is 5.32 Å². The number of aliphatic hydroxyl groups is 1. The van der Waals surface area contributed by atoms with Gasteiger partial charge < -0.3 is 10.4 Å². The van der Waals surface area contributed by atoms with Crippen molar-refractivity contribution < 1.29 is 19.6 Å². The Kier molecular flexibility index (Phi) is 7.82.